The maximum atomic E-state index is 12.6. The van der Waals surface area contributed by atoms with Crippen molar-refractivity contribution in [3.05, 3.63) is 35.9 Å². The van der Waals surface area contributed by atoms with Crippen LogP contribution in [0.15, 0.2) is 30.3 Å². The smallest absolute Gasteiger partial charge is 0.239 e. The average molecular weight is 332 g/mol. The van der Waals surface area contributed by atoms with Gasteiger partial charge in [0.2, 0.25) is 5.91 Å². The molecular formula is C19H28N2O3. The van der Waals surface area contributed by atoms with E-state index in [-0.39, 0.29) is 23.5 Å². The molecule has 2 aliphatic rings. The summed E-state index contributed by atoms with van der Waals surface area (Å²) in [6.07, 6.45) is 2.70. The van der Waals surface area contributed by atoms with Gasteiger partial charge in [-0.3, -0.25) is 4.79 Å². The number of carbonyl (C=O) groups excluding carboxylic acids is 1. The molecule has 0 aromatic heterocycles. The van der Waals surface area contributed by atoms with Crippen molar-refractivity contribution in [3.8, 4) is 0 Å². The normalized spacial score (nSPS) is 26.9. The van der Waals surface area contributed by atoms with Crippen molar-refractivity contribution in [3.63, 3.8) is 0 Å². The molecule has 0 bridgehead atoms. The molecule has 3 N–H and O–H groups in total. The molecular weight excluding hydrogens is 304 g/mol. The zero-order valence-electron chi connectivity index (χ0n) is 14.4. The summed E-state index contributed by atoms with van der Waals surface area (Å²) in [5, 5.41) is 10.2. The average Bonchev–Trinajstić information content (AvgIpc) is 2.62. The van der Waals surface area contributed by atoms with Crippen LogP contribution >= 0.6 is 0 Å². The van der Waals surface area contributed by atoms with Gasteiger partial charge in [0.25, 0.3) is 0 Å². The van der Waals surface area contributed by atoms with E-state index in [9.17, 15) is 9.90 Å². The van der Waals surface area contributed by atoms with Crippen LogP contribution in [-0.2, 0) is 16.0 Å². The molecule has 1 aromatic carbocycles. The topological polar surface area (TPSA) is 75.8 Å². The molecule has 1 spiro atoms. The third-order valence-electron chi connectivity index (χ3n) is 5.73. The molecule has 1 saturated heterocycles. The number of hydrogen-bond donors (Lipinski definition) is 2. The first-order chi connectivity index (χ1) is 11.6. The summed E-state index contributed by atoms with van der Waals surface area (Å²) in [7, 11) is 0. The van der Waals surface area contributed by atoms with Crippen LogP contribution in [0.4, 0.5) is 0 Å². The molecule has 1 amide bonds. The summed E-state index contributed by atoms with van der Waals surface area (Å²) in [4.78, 5) is 14.5. The highest BCUT2D eigenvalue weighted by atomic mass is 16.5. The van der Waals surface area contributed by atoms with Gasteiger partial charge in [0.15, 0.2) is 0 Å². The lowest BCUT2D eigenvalue weighted by molar-refractivity contribution is -0.210. The molecule has 1 aliphatic carbocycles. The number of nitrogens with two attached hydrogens (primary N) is 1. The lowest BCUT2D eigenvalue weighted by Crippen LogP contribution is -2.63. The van der Waals surface area contributed by atoms with Gasteiger partial charge in [0.05, 0.1) is 18.2 Å². The summed E-state index contributed by atoms with van der Waals surface area (Å²) >= 11 is 0. The second kappa shape index (κ2) is 7.21. The third-order valence-corrected chi connectivity index (χ3v) is 5.73. The van der Waals surface area contributed by atoms with E-state index in [4.69, 9.17) is 10.5 Å². The number of carbonyl (C=O) groups is 1. The standard InChI is InChI=1S/C19H28N2O3/c1-2-24-17-13-16(22)19(17)8-10-21(11-9-19)18(23)15(20)12-14-6-4-3-5-7-14/h3-7,15-17,22H,2,8-13,20H2,1H3/t15-,16-,17+/m0/s1. The SMILES string of the molecule is CCO[C@@H]1C[C@H](O)C12CCN(C(=O)[C@@H](N)Cc1ccccc1)CC2. The number of benzene rings is 1. The number of rotatable bonds is 5. The minimum atomic E-state index is -0.504. The van der Waals surface area contributed by atoms with Gasteiger partial charge in [0, 0.05) is 31.5 Å². The van der Waals surface area contributed by atoms with Gasteiger partial charge in [-0.05, 0) is 31.7 Å². The van der Waals surface area contributed by atoms with Crippen LogP contribution in [0.5, 0.6) is 0 Å². The summed E-state index contributed by atoms with van der Waals surface area (Å²) in [5.41, 5.74) is 7.06. The highest BCUT2D eigenvalue weighted by Crippen LogP contribution is 2.50. The van der Waals surface area contributed by atoms with Gasteiger partial charge in [-0.25, -0.2) is 0 Å². The predicted molar refractivity (Wildman–Crippen MR) is 92.4 cm³/mol. The number of piperidine rings is 1. The van der Waals surface area contributed by atoms with Gasteiger partial charge in [-0.2, -0.15) is 0 Å². The van der Waals surface area contributed by atoms with Crippen LogP contribution in [0, 0.1) is 5.41 Å². The maximum Gasteiger partial charge on any atom is 0.239 e. The molecule has 3 rings (SSSR count). The van der Waals surface area contributed by atoms with Gasteiger partial charge in [-0.15, -0.1) is 0 Å². The van der Waals surface area contributed by atoms with E-state index in [2.05, 4.69) is 0 Å². The molecule has 0 radical (unpaired) electrons. The molecule has 5 heteroatoms. The first kappa shape index (κ1) is 17.4. The number of aliphatic hydroxyl groups excluding tert-OH is 1. The van der Waals surface area contributed by atoms with E-state index in [1.807, 2.05) is 42.2 Å². The molecule has 3 atom stereocenters. The summed E-state index contributed by atoms with van der Waals surface area (Å²) in [6.45, 7) is 3.97. The van der Waals surface area contributed by atoms with Crippen LogP contribution in [0.25, 0.3) is 0 Å². The molecule has 5 nitrogen and oxygen atoms in total. The number of aliphatic hydroxyl groups is 1. The van der Waals surface area contributed by atoms with Crippen LogP contribution in [0.3, 0.4) is 0 Å². The first-order valence-electron chi connectivity index (χ1n) is 8.95. The third kappa shape index (κ3) is 3.21. The number of hydrogen-bond acceptors (Lipinski definition) is 4. The van der Waals surface area contributed by atoms with Gasteiger partial charge in [0.1, 0.15) is 0 Å². The molecule has 1 saturated carbocycles. The molecule has 1 aliphatic heterocycles. The maximum absolute atomic E-state index is 12.6. The zero-order valence-corrected chi connectivity index (χ0v) is 14.4. The van der Waals surface area contributed by atoms with E-state index in [0.717, 1.165) is 24.8 Å². The van der Waals surface area contributed by atoms with Crippen molar-refractivity contribution in [1.82, 2.24) is 4.90 Å². The molecule has 2 fully saturated rings. The van der Waals surface area contributed by atoms with E-state index in [1.54, 1.807) is 0 Å². The van der Waals surface area contributed by atoms with Crippen molar-refractivity contribution in [1.29, 1.82) is 0 Å². The number of likely N-dealkylation sites (tertiary alicyclic amines) is 1. The summed E-state index contributed by atoms with van der Waals surface area (Å²) in [6, 6.07) is 9.37. The number of nitrogens with zero attached hydrogens (tertiary/aromatic N) is 1. The summed E-state index contributed by atoms with van der Waals surface area (Å²) < 4.78 is 5.78. The zero-order chi connectivity index (χ0) is 17.2. The van der Waals surface area contributed by atoms with E-state index < -0.39 is 6.04 Å². The fraction of sp³-hybridized carbons (Fsp3) is 0.632. The Balaban J connectivity index is 1.55. The quantitative estimate of drug-likeness (QED) is 0.853. The largest absolute Gasteiger partial charge is 0.392 e. The van der Waals surface area contributed by atoms with Gasteiger partial charge in [-0.1, -0.05) is 30.3 Å². The molecule has 1 heterocycles. The Kier molecular flexibility index (Phi) is 5.23. The Morgan fingerprint density at radius 3 is 2.62 bits per heavy atom. The van der Waals surface area contributed by atoms with Crippen LogP contribution in [0.2, 0.25) is 0 Å². The Labute approximate surface area is 143 Å². The van der Waals surface area contributed by atoms with Crippen molar-refractivity contribution < 1.29 is 14.6 Å². The molecule has 24 heavy (non-hydrogen) atoms. The molecule has 132 valence electrons. The summed E-state index contributed by atoms with van der Waals surface area (Å²) in [5.74, 6) is 0.00970. The van der Waals surface area contributed by atoms with Crippen molar-refractivity contribution >= 4 is 5.91 Å². The fourth-order valence-corrected chi connectivity index (χ4v) is 4.15. The lowest BCUT2D eigenvalue weighted by Gasteiger charge is -2.56. The number of ether oxygens (including phenoxy) is 1. The Morgan fingerprint density at radius 2 is 2.04 bits per heavy atom. The highest BCUT2D eigenvalue weighted by Gasteiger charge is 2.56. The second-order valence-corrected chi connectivity index (χ2v) is 7.05. The minimum Gasteiger partial charge on any atom is -0.392 e. The van der Waals surface area contributed by atoms with Crippen LogP contribution in [0.1, 0.15) is 31.7 Å². The number of amides is 1. The second-order valence-electron chi connectivity index (χ2n) is 7.05. The van der Waals surface area contributed by atoms with Crippen LogP contribution in [-0.4, -0.2) is 53.9 Å². The van der Waals surface area contributed by atoms with Crippen molar-refractivity contribution in [2.24, 2.45) is 11.1 Å². The Hall–Kier alpha value is -1.43. The Morgan fingerprint density at radius 1 is 1.38 bits per heavy atom. The molecule has 0 unspecified atom stereocenters. The van der Waals surface area contributed by atoms with Gasteiger partial charge < -0.3 is 20.5 Å². The highest BCUT2D eigenvalue weighted by molar-refractivity contribution is 5.82. The van der Waals surface area contributed by atoms with Crippen molar-refractivity contribution in [2.45, 2.75) is 50.9 Å². The predicted octanol–water partition coefficient (Wildman–Crippen LogP) is 1.33. The monoisotopic (exact) mass is 332 g/mol. The lowest BCUT2D eigenvalue weighted by atomic mass is 9.58. The van der Waals surface area contributed by atoms with E-state index >= 15 is 0 Å². The van der Waals surface area contributed by atoms with E-state index in [1.165, 1.54) is 0 Å². The van der Waals surface area contributed by atoms with E-state index in [0.29, 0.717) is 26.1 Å². The van der Waals surface area contributed by atoms with Crippen LogP contribution < -0.4 is 5.73 Å². The first-order valence-corrected chi connectivity index (χ1v) is 8.95. The minimum absolute atomic E-state index is 0.00970. The fourth-order valence-electron chi connectivity index (χ4n) is 4.15. The van der Waals surface area contributed by atoms with Crippen molar-refractivity contribution in [2.75, 3.05) is 19.7 Å². The van der Waals surface area contributed by atoms with Gasteiger partial charge >= 0.3 is 0 Å². The molecule has 1 aromatic rings. The Bertz CT molecular complexity index is 553.